The van der Waals surface area contributed by atoms with Crippen LogP contribution in [-0.2, 0) is 11.3 Å². The van der Waals surface area contributed by atoms with E-state index >= 15 is 0 Å². The number of methoxy groups -OCH3 is 1. The van der Waals surface area contributed by atoms with Crippen LogP contribution in [-0.4, -0.2) is 38.2 Å². The molecule has 24 heavy (non-hydrogen) atoms. The van der Waals surface area contributed by atoms with Gasteiger partial charge in [0.05, 0.1) is 12.1 Å². The highest BCUT2D eigenvalue weighted by molar-refractivity contribution is 6.30. The van der Waals surface area contributed by atoms with Gasteiger partial charge in [-0.25, -0.2) is 9.67 Å². The molecule has 0 spiro atoms. The number of nitrogens with zero attached hydrogens (tertiary/aromatic N) is 3. The average molecular weight is 348 g/mol. The lowest BCUT2D eigenvalue weighted by Gasteiger charge is -2.48. The van der Waals surface area contributed by atoms with Crippen LogP contribution in [0.25, 0.3) is 6.08 Å². The summed E-state index contributed by atoms with van der Waals surface area (Å²) in [5, 5.41) is 16.2. The van der Waals surface area contributed by atoms with E-state index in [-0.39, 0.29) is 0 Å². The average Bonchev–Trinajstić information content (AvgIpc) is 3.06. The molecule has 2 atom stereocenters. The van der Waals surface area contributed by atoms with Gasteiger partial charge in [-0.1, -0.05) is 35.4 Å². The summed E-state index contributed by atoms with van der Waals surface area (Å²) in [6.45, 7) is 2.30. The quantitative estimate of drug-likeness (QED) is 0.921. The number of ether oxygens (including phenoxy) is 1. The first-order chi connectivity index (χ1) is 11.4. The zero-order chi connectivity index (χ0) is 17.2. The van der Waals surface area contributed by atoms with Gasteiger partial charge in [0, 0.05) is 18.6 Å². The van der Waals surface area contributed by atoms with Gasteiger partial charge in [0.25, 0.3) is 0 Å². The predicted octanol–water partition coefficient (Wildman–Crippen LogP) is 3.34. The minimum absolute atomic E-state index is 0.343. The maximum Gasteiger partial charge on any atom is 0.137 e. The number of halogens is 1. The van der Waals surface area contributed by atoms with E-state index < -0.39 is 11.2 Å². The molecule has 0 aliphatic heterocycles. The maximum atomic E-state index is 11.4. The van der Waals surface area contributed by atoms with Crippen molar-refractivity contribution in [3.63, 3.8) is 0 Å². The van der Waals surface area contributed by atoms with Crippen molar-refractivity contribution in [2.75, 3.05) is 7.11 Å². The number of hydrogen-bond acceptors (Lipinski definition) is 4. The predicted molar refractivity (Wildman–Crippen MR) is 93.7 cm³/mol. The number of rotatable bonds is 4. The van der Waals surface area contributed by atoms with E-state index in [1.807, 2.05) is 31.2 Å². The zero-order valence-corrected chi connectivity index (χ0v) is 14.7. The van der Waals surface area contributed by atoms with Gasteiger partial charge in [-0.15, -0.1) is 0 Å². The summed E-state index contributed by atoms with van der Waals surface area (Å²) in [6.07, 6.45) is 7.37. The third-order valence-corrected chi connectivity index (χ3v) is 5.26. The molecular formula is C18H22ClN3O2. The molecule has 5 nitrogen and oxygen atoms in total. The SMILES string of the molecule is CO[C@]1(C)CC/C(=C\c2ccc(Cl)cc2)C[C@@]1(O)Cn1cncn1. The maximum absolute atomic E-state index is 11.4. The second kappa shape index (κ2) is 6.67. The summed E-state index contributed by atoms with van der Waals surface area (Å²) in [6, 6.07) is 7.71. The van der Waals surface area contributed by atoms with Gasteiger partial charge in [0.2, 0.25) is 0 Å². The van der Waals surface area contributed by atoms with Crippen molar-refractivity contribution in [1.29, 1.82) is 0 Å². The normalized spacial score (nSPS) is 29.1. The van der Waals surface area contributed by atoms with Crippen molar-refractivity contribution in [1.82, 2.24) is 14.8 Å². The first kappa shape index (κ1) is 17.1. The second-order valence-electron chi connectivity index (χ2n) is 6.59. The topological polar surface area (TPSA) is 60.2 Å². The molecule has 1 aliphatic rings. The molecule has 128 valence electrons. The Morgan fingerprint density at radius 3 is 2.75 bits per heavy atom. The van der Waals surface area contributed by atoms with Crippen LogP contribution in [0.5, 0.6) is 0 Å². The molecule has 3 rings (SSSR count). The van der Waals surface area contributed by atoms with Crippen molar-refractivity contribution in [3.8, 4) is 0 Å². The van der Waals surface area contributed by atoms with Gasteiger partial charge in [0.15, 0.2) is 0 Å². The van der Waals surface area contributed by atoms with Gasteiger partial charge in [-0.2, -0.15) is 5.10 Å². The highest BCUT2D eigenvalue weighted by Gasteiger charge is 2.50. The summed E-state index contributed by atoms with van der Waals surface area (Å²) in [7, 11) is 1.65. The largest absolute Gasteiger partial charge is 0.385 e. The van der Waals surface area contributed by atoms with E-state index in [0.29, 0.717) is 13.0 Å². The van der Waals surface area contributed by atoms with Crippen molar-refractivity contribution in [2.24, 2.45) is 0 Å². The van der Waals surface area contributed by atoms with E-state index in [2.05, 4.69) is 16.2 Å². The van der Waals surface area contributed by atoms with Crippen molar-refractivity contribution in [3.05, 3.63) is 53.1 Å². The van der Waals surface area contributed by atoms with Crippen molar-refractivity contribution < 1.29 is 9.84 Å². The van der Waals surface area contributed by atoms with Gasteiger partial charge >= 0.3 is 0 Å². The van der Waals surface area contributed by atoms with E-state index in [0.717, 1.165) is 23.4 Å². The summed E-state index contributed by atoms with van der Waals surface area (Å²) in [5.74, 6) is 0. The molecule has 0 amide bonds. The Bertz CT molecular complexity index is 714. The Morgan fingerprint density at radius 2 is 2.12 bits per heavy atom. The fourth-order valence-corrected chi connectivity index (χ4v) is 3.42. The Hall–Kier alpha value is -1.69. The van der Waals surface area contributed by atoms with Crippen LogP contribution in [0.15, 0.2) is 42.5 Å². The van der Waals surface area contributed by atoms with Crippen molar-refractivity contribution >= 4 is 17.7 Å². The molecule has 0 unspecified atom stereocenters. The number of aliphatic hydroxyl groups is 1. The molecular weight excluding hydrogens is 326 g/mol. The first-order valence-electron chi connectivity index (χ1n) is 7.99. The smallest absolute Gasteiger partial charge is 0.137 e. The van der Waals surface area contributed by atoms with Crippen LogP contribution in [0.2, 0.25) is 5.02 Å². The molecule has 0 radical (unpaired) electrons. The van der Waals surface area contributed by atoms with E-state index in [4.69, 9.17) is 16.3 Å². The minimum Gasteiger partial charge on any atom is -0.385 e. The molecule has 1 aromatic carbocycles. The molecule has 6 heteroatoms. The first-order valence-corrected chi connectivity index (χ1v) is 8.37. The monoisotopic (exact) mass is 347 g/mol. The zero-order valence-electron chi connectivity index (χ0n) is 13.9. The van der Waals surface area contributed by atoms with E-state index in [1.165, 1.54) is 11.9 Å². The molecule has 1 fully saturated rings. The lowest BCUT2D eigenvalue weighted by atomic mass is 9.70. The van der Waals surface area contributed by atoms with Crippen LogP contribution >= 0.6 is 11.6 Å². The summed E-state index contributed by atoms with van der Waals surface area (Å²) in [5.41, 5.74) is 0.593. The summed E-state index contributed by atoms with van der Waals surface area (Å²) >= 11 is 5.94. The third kappa shape index (κ3) is 3.38. The Morgan fingerprint density at radius 1 is 1.38 bits per heavy atom. The summed E-state index contributed by atoms with van der Waals surface area (Å²) in [4.78, 5) is 3.96. The highest BCUT2D eigenvalue weighted by atomic mass is 35.5. The molecule has 1 heterocycles. The van der Waals surface area contributed by atoms with Gasteiger partial charge in [-0.05, 0) is 37.5 Å². The number of benzene rings is 1. The Balaban J connectivity index is 1.87. The van der Waals surface area contributed by atoms with Gasteiger partial charge in [0.1, 0.15) is 18.3 Å². The van der Waals surface area contributed by atoms with Crippen LogP contribution < -0.4 is 0 Å². The van der Waals surface area contributed by atoms with Crippen molar-refractivity contribution in [2.45, 2.75) is 43.9 Å². The van der Waals surface area contributed by atoms with Crippen LogP contribution in [0.4, 0.5) is 0 Å². The fourth-order valence-electron chi connectivity index (χ4n) is 3.30. The second-order valence-corrected chi connectivity index (χ2v) is 7.03. The molecule has 0 saturated heterocycles. The van der Waals surface area contributed by atoms with E-state index in [1.54, 1.807) is 18.1 Å². The fraction of sp³-hybridized carbons (Fsp3) is 0.444. The highest BCUT2D eigenvalue weighted by Crippen LogP contribution is 2.43. The minimum atomic E-state index is -1.05. The van der Waals surface area contributed by atoms with Crippen LogP contribution in [0.1, 0.15) is 31.7 Å². The molecule has 1 aliphatic carbocycles. The number of hydrogen-bond donors (Lipinski definition) is 1. The standard InChI is InChI=1S/C18H22ClN3O2/c1-17(24-2)8-7-15(9-14-3-5-16(19)6-4-14)10-18(17,23)11-22-13-20-12-21-22/h3-6,9,12-13,23H,7-8,10-11H2,1-2H3/b15-9+/t17-,18-/m1/s1. The van der Waals surface area contributed by atoms with E-state index in [9.17, 15) is 5.11 Å². The summed E-state index contributed by atoms with van der Waals surface area (Å²) < 4.78 is 7.36. The Kier molecular flexibility index (Phi) is 4.76. The number of aromatic nitrogens is 3. The van der Waals surface area contributed by atoms with Gasteiger partial charge < -0.3 is 9.84 Å². The molecule has 1 saturated carbocycles. The van der Waals surface area contributed by atoms with Crippen LogP contribution in [0.3, 0.4) is 0 Å². The molecule has 1 aromatic heterocycles. The molecule has 1 N–H and O–H groups in total. The lowest BCUT2D eigenvalue weighted by molar-refractivity contribution is -0.180. The van der Waals surface area contributed by atoms with Crippen LogP contribution in [0, 0.1) is 0 Å². The lowest BCUT2D eigenvalue weighted by Crippen LogP contribution is -2.58. The third-order valence-electron chi connectivity index (χ3n) is 5.01. The Labute approximate surface area is 146 Å². The molecule has 2 aromatic rings. The van der Waals surface area contributed by atoms with Gasteiger partial charge in [-0.3, -0.25) is 0 Å². The molecule has 0 bridgehead atoms.